The van der Waals surface area contributed by atoms with Crippen LogP contribution in [0.25, 0.3) is 0 Å². The van der Waals surface area contributed by atoms with Crippen molar-refractivity contribution in [2.24, 2.45) is 0 Å². The lowest BCUT2D eigenvalue weighted by Crippen LogP contribution is -2.35. The van der Waals surface area contributed by atoms with Crippen LogP contribution in [0.3, 0.4) is 0 Å². The van der Waals surface area contributed by atoms with Crippen LogP contribution in [0.2, 0.25) is 0 Å². The minimum absolute atomic E-state index is 0.740. The molecule has 0 saturated carbocycles. The average Bonchev–Trinajstić information content (AvgIpc) is 2.68. The van der Waals surface area contributed by atoms with Crippen molar-refractivity contribution in [1.82, 2.24) is 4.90 Å². The van der Waals surface area contributed by atoms with E-state index < -0.39 is 0 Å². The van der Waals surface area contributed by atoms with Gasteiger partial charge in [-0.05, 0) is 37.9 Å². The summed E-state index contributed by atoms with van der Waals surface area (Å²) in [6.45, 7) is 4.67. The van der Waals surface area contributed by atoms with Gasteiger partial charge in [0.2, 0.25) is 0 Å². The van der Waals surface area contributed by atoms with E-state index in [1.54, 1.807) is 0 Å². The van der Waals surface area contributed by atoms with Gasteiger partial charge in [0.05, 0.1) is 0 Å². The van der Waals surface area contributed by atoms with Crippen LogP contribution in [0.1, 0.15) is 42.4 Å². The van der Waals surface area contributed by atoms with Gasteiger partial charge in [-0.25, -0.2) is 0 Å². The Morgan fingerprint density at radius 2 is 2.12 bits per heavy atom. The second-order valence-corrected chi connectivity index (χ2v) is 6.75. The Hall–Kier alpha value is 0.140. The highest BCUT2D eigenvalue weighted by Crippen LogP contribution is 2.24. The van der Waals surface area contributed by atoms with Crippen molar-refractivity contribution in [2.45, 2.75) is 51.6 Å². The second-order valence-electron chi connectivity index (χ2n) is 4.85. The Morgan fingerprint density at radius 1 is 1.29 bits per heavy atom. The smallest absolute Gasteiger partial charge is 0.0331 e. The molecule has 0 aromatic carbocycles. The van der Waals surface area contributed by atoms with Gasteiger partial charge in [-0.3, -0.25) is 4.90 Å². The maximum Gasteiger partial charge on any atom is 0.0331 e. The van der Waals surface area contributed by atoms with Gasteiger partial charge < -0.3 is 0 Å². The predicted molar refractivity (Wildman–Crippen MR) is 80.2 cm³/mol. The summed E-state index contributed by atoms with van der Waals surface area (Å²) in [4.78, 5) is 5.73. The summed E-state index contributed by atoms with van der Waals surface area (Å²) < 4.78 is 0. The molecular weight excluding hydrogens is 294 g/mol. The van der Waals surface area contributed by atoms with E-state index in [1.165, 1.54) is 48.4 Å². The number of hydrogen-bond donors (Lipinski definition) is 0. The molecule has 96 valence electrons. The molecule has 0 aliphatic carbocycles. The molecule has 3 heteroatoms. The van der Waals surface area contributed by atoms with Crippen molar-refractivity contribution < 1.29 is 0 Å². The van der Waals surface area contributed by atoms with Crippen molar-refractivity contribution in [1.29, 1.82) is 0 Å². The van der Waals surface area contributed by atoms with Crippen molar-refractivity contribution in [3.8, 4) is 0 Å². The Bertz CT molecular complexity index is 337. The summed E-state index contributed by atoms with van der Waals surface area (Å²) in [6, 6.07) is 5.35. The van der Waals surface area contributed by atoms with Crippen molar-refractivity contribution >= 4 is 27.3 Å². The molecule has 0 bridgehead atoms. The fourth-order valence-corrected chi connectivity index (χ4v) is 4.23. The summed E-state index contributed by atoms with van der Waals surface area (Å²) >= 11 is 5.67. The predicted octanol–water partition coefficient (Wildman–Crippen LogP) is 4.45. The van der Waals surface area contributed by atoms with Crippen LogP contribution in [-0.2, 0) is 13.0 Å². The van der Waals surface area contributed by atoms with Gasteiger partial charge in [-0.15, -0.1) is 11.3 Å². The minimum Gasteiger partial charge on any atom is -0.294 e. The molecule has 1 nitrogen and oxygen atoms in total. The fraction of sp³-hybridized carbons (Fsp3) is 0.714. The number of hydrogen-bond acceptors (Lipinski definition) is 2. The van der Waals surface area contributed by atoms with E-state index in [0.717, 1.165) is 17.9 Å². The first-order chi connectivity index (χ1) is 8.33. The van der Waals surface area contributed by atoms with E-state index in [4.69, 9.17) is 0 Å². The topological polar surface area (TPSA) is 3.24 Å². The monoisotopic (exact) mass is 315 g/mol. The summed E-state index contributed by atoms with van der Waals surface area (Å²) in [6.07, 6.45) is 6.71. The first-order valence-electron chi connectivity index (χ1n) is 6.71. The maximum absolute atomic E-state index is 3.68. The first-order valence-corrected chi connectivity index (χ1v) is 8.65. The lowest BCUT2D eigenvalue weighted by molar-refractivity contribution is 0.211. The molecule has 0 radical (unpaired) electrons. The third-order valence-corrected chi connectivity index (χ3v) is 5.56. The Labute approximate surface area is 117 Å². The van der Waals surface area contributed by atoms with E-state index in [0.29, 0.717) is 0 Å². The zero-order valence-corrected chi connectivity index (χ0v) is 13.0. The number of alkyl halides is 1. The van der Waals surface area contributed by atoms with Crippen LogP contribution in [-0.4, -0.2) is 22.8 Å². The van der Waals surface area contributed by atoms with E-state index >= 15 is 0 Å². The van der Waals surface area contributed by atoms with Crippen LogP contribution in [0, 0.1) is 0 Å². The van der Waals surface area contributed by atoms with Crippen molar-refractivity contribution in [3.05, 3.63) is 21.9 Å². The highest BCUT2D eigenvalue weighted by Gasteiger charge is 2.20. The Balaban J connectivity index is 1.99. The zero-order chi connectivity index (χ0) is 12.1. The van der Waals surface area contributed by atoms with Gasteiger partial charge >= 0.3 is 0 Å². The standard InChI is InChI=1S/C14H22BrNS/c1-2-13-7-8-14(17-13)11-16-9-5-3-4-6-12(16)10-15/h7-8,12H,2-6,9-11H2,1H3. The van der Waals surface area contributed by atoms with Gasteiger partial charge in [0.15, 0.2) is 0 Å². The Kier molecular flexibility index (Phi) is 5.51. The minimum atomic E-state index is 0.740. The first kappa shape index (κ1) is 13.6. The quantitative estimate of drug-likeness (QED) is 0.742. The summed E-state index contributed by atoms with van der Waals surface area (Å²) in [7, 11) is 0. The Morgan fingerprint density at radius 3 is 2.82 bits per heavy atom. The number of nitrogens with zero attached hydrogens (tertiary/aromatic N) is 1. The summed E-state index contributed by atoms with van der Waals surface area (Å²) in [5.41, 5.74) is 0. The molecule has 1 fully saturated rings. The van der Waals surface area contributed by atoms with Crippen LogP contribution in [0.5, 0.6) is 0 Å². The van der Waals surface area contributed by atoms with E-state index in [-0.39, 0.29) is 0 Å². The number of rotatable bonds is 4. The molecule has 0 amide bonds. The van der Waals surface area contributed by atoms with Crippen molar-refractivity contribution in [3.63, 3.8) is 0 Å². The number of likely N-dealkylation sites (tertiary alicyclic amines) is 1. The third kappa shape index (κ3) is 3.80. The average molecular weight is 316 g/mol. The third-order valence-electron chi connectivity index (χ3n) is 3.60. The molecule has 0 spiro atoms. The zero-order valence-electron chi connectivity index (χ0n) is 10.6. The lowest BCUT2D eigenvalue weighted by Gasteiger charge is -2.27. The van der Waals surface area contributed by atoms with Crippen LogP contribution >= 0.6 is 27.3 Å². The fourth-order valence-electron chi connectivity index (χ4n) is 2.52. The van der Waals surface area contributed by atoms with Gasteiger partial charge in [-0.1, -0.05) is 35.7 Å². The van der Waals surface area contributed by atoms with E-state index in [1.807, 2.05) is 11.3 Å². The van der Waals surface area contributed by atoms with Gasteiger partial charge in [0.1, 0.15) is 0 Å². The number of halogens is 1. The van der Waals surface area contributed by atoms with E-state index in [9.17, 15) is 0 Å². The second kappa shape index (κ2) is 6.91. The molecule has 1 unspecified atom stereocenters. The number of thiophene rings is 1. The molecule has 2 heterocycles. The summed E-state index contributed by atoms with van der Waals surface area (Å²) in [5.74, 6) is 0. The molecule has 1 aliphatic heterocycles. The molecule has 1 atom stereocenters. The van der Waals surface area contributed by atoms with Gasteiger partial charge in [0, 0.05) is 27.7 Å². The SMILES string of the molecule is CCc1ccc(CN2CCCCCC2CBr)s1. The van der Waals surface area contributed by atoms with Crippen molar-refractivity contribution in [2.75, 3.05) is 11.9 Å². The van der Waals surface area contributed by atoms with Crippen LogP contribution in [0.4, 0.5) is 0 Å². The molecular formula is C14H22BrNS. The highest BCUT2D eigenvalue weighted by atomic mass is 79.9. The number of aryl methyl sites for hydroxylation is 1. The lowest BCUT2D eigenvalue weighted by atomic mass is 10.1. The molecule has 2 rings (SSSR count). The molecule has 1 aromatic heterocycles. The van der Waals surface area contributed by atoms with E-state index in [2.05, 4.69) is 39.9 Å². The molecule has 1 saturated heterocycles. The van der Waals surface area contributed by atoms with Gasteiger partial charge in [0.25, 0.3) is 0 Å². The van der Waals surface area contributed by atoms with Crippen LogP contribution < -0.4 is 0 Å². The van der Waals surface area contributed by atoms with Crippen LogP contribution in [0.15, 0.2) is 12.1 Å². The largest absolute Gasteiger partial charge is 0.294 e. The van der Waals surface area contributed by atoms with Gasteiger partial charge in [-0.2, -0.15) is 0 Å². The highest BCUT2D eigenvalue weighted by molar-refractivity contribution is 9.09. The molecule has 1 aliphatic rings. The molecule has 1 aromatic rings. The summed E-state index contributed by atoms with van der Waals surface area (Å²) in [5, 5.41) is 1.12. The molecule has 17 heavy (non-hydrogen) atoms. The molecule has 0 N–H and O–H groups in total. The maximum atomic E-state index is 3.68. The normalized spacial score (nSPS) is 22.6.